The number of ether oxygens (including phenoxy) is 1. The van der Waals surface area contributed by atoms with Crippen molar-refractivity contribution in [1.82, 2.24) is 0 Å². The Morgan fingerprint density at radius 1 is 1.08 bits per heavy atom. The summed E-state index contributed by atoms with van der Waals surface area (Å²) in [5.41, 5.74) is 2.24. The summed E-state index contributed by atoms with van der Waals surface area (Å²) in [6.45, 7) is 8.34. The molecule has 0 saturated heterocycles. The Morgan fingerprint density at radius 3 is 2.64 bits per heavy atom. The number of esters is 1. The maximum absolute atomic E-state index is 11.4. The molecule has 0 bridgehead atoms. The Labute approximate surface area is 216 Å². The van der Waals surface area contributed by atoms with E-state index in [2.05, 4.69) is 45.1 Å². The molecule has 4 heteroatoms. The molecule has 0 radical (unpaired) electrons. The summed E-state index contributed by atoms with van der Waals surface area (Å²) in [5, 5.41) is 21.9. The lowest BCUT2D eigenvalue weighted by Crippen LogP contribution is -2.56. The Bertz CT molecular complexity index is 1050. The molecular formula is C32H44O4. The first kappa shape index (κ1) is 25.7. The first-order chi connectivity index (χ1) is 17.0. The highest BCUT2D eigenvalue weighted by Crippen LogP contribution is 2.69. The van der Waals surface area contributed by atoms with Crippen LogP contribution in [0.4, 0.5) is 0 Å². The quantitative estimate of drug-likeness (QED) is 0.283. The lowest BCUT2D eigenvalue weighted by molar-refractivity contribution is -0.132. The molecule has 4 nitrogen and oxygen atoms in total. The van der Waals surface area contributed by atoms with E-state index < -0.39 is 5.60 Å². The Morgan fingerprint density at radius 2 is 1.86 bits per heavy atom. The van der Waals surface area contributed by atoms with Crippen LogP contribution in [0.5, 0.6) is 5.75 Å². The van der Waals surface area contributed by atoms with Crippen LogP contribution in [0.2, 0.25) is 0 Å². The summed E-state index contributed by atoms with van der Waals surface area (Å²) in [6.07, 6.45) is 15.7. The van der Waals surface area contributed by atoms with E-state index in [4.69, 9.17) is 4.74 Å². The topological polar surface area (TPSA) is 66.8 Å². The van der Waals surface area contributed by atoms with Crippen LogP contribution in [0.3, 0.4) is 0 Å². The normalized spacial score (nSPS) is 41.8. The van der Waals surface area contributed by atoms with Gasteiger partial charge in [-0.05, 0) is 117 Å². The van der Waals surface area contributed by atoms with Crippen LogP contribution in [0, 0.1) is 34.5 Å². The molecule has 8 atom stereocenters. The first-order valence-corrected chi connectivity index (χ1v) is 14.1. The molecule has 4 aliphatic rings. The van der Waals surface area contributed by atoms with E-state index in [-0.39, 0.29) is 22.9 Å². The van der Waals surface area contributed by atoms with Crippen molar-refractivity contribution in [2.75, 3.05) is 0 Å². The third-order valence-corrected chi connectivity index (χ3v) is 10.9. The van der Waals surface area contributed by atoms with Crippen LogP contribution in [-0.4, -0.2) is 27.9 Å². The van der Waals surface area contributed by atoms with Crippen LogP contribution in [0.1, 0.15) is 84.6 Å². The van der Waals surface area contributed by atoms with Crippen LogP contribution < -0.4 is 4.74 Å². The Hall–Kier alpha value is -1.91. The van der Waals surface area contributed by atoms with E-state index in [1.54, 1.807) is 0 Å². The molecule has 0 aromatic heterocycles. The largest absolute Gasteiger partial charge is 0.427 e. The molecule has 2 N–H and O–H groups in total. The van der Waals surface area contributed by atoms with Crippen LogP contribution in [0.25, 0.3) is 0 Å². The summed E-state index contributed by atoms with van der Waals surface area (Å²) in [6, 6.07) is 7.76. The van der Waals surface area contributed by atoms with E-state index >= 15 is 0 Å². The summed E-state index contributed by atoms with van der Waals surface area (Å²) in [5.74, 6) is 2.66. The number of aliphatic hydroxyl groups is 2. The number of carbonyl (C=O) groups excluding carboxylic acids is 1. The van der Waals surface area contributed by atoms with E-state index in [1.165, 1.54) is 18.9 Å². The zero-order chi connectivity index (χ0) is 25.7. The number of benzene rings is 1. The molecule has 1 aromatic carbocycles. The standard InChI is InChI=1S/C32H44O4/c1-21(33)36-26-11-7-9-22(18-26)8-5-6-10-23-19-24-20-25(34)12-15-30(24,2)27-13-16-31(3)28(29(23)27)14-17-32(31,4)35/h5-7,9,11,18,20,23,25,27-29,34-35H,8,10,12-17,19H2,1-4H3/b6-5+/t23-,25+,27?,28?,29?,30+,31+,32+/m1/s1. The lowest BCUT2D eigenvalue weighted by atomic mass is 9.44. The van der Waals surface area contributed by atoms with Gasteiger partial charge < -0.3 is 14.9 Å². The van der Waals surface area contributed by atoms with Gasteiger partial charge in [-0.2, -0.15) is 0 Å². The predicted molar refractivity (Wildman–Crippen MR) is 142 cm³/mol. The van der Waals surface area contributed by atoms with Crippen molar-refractivity contribution in [2.45, 2.75) is 97.2 Å². The molecule has 3 fully saturated rings. The smallest absolute Gasteiger partial charge is 0.308 e. The van der Waals surface area contributed by atoms with Gasteiger partial charge in [0.1, 0.15) is 5.75 Å². The van der Waals surface area contributed by atoms with Gasteiger partial charge in [0, 0.05) is 6.92 Å². The summed E-state index contributed by atoms with van der Waals surface area (Å²) < 4.78 is 5.24. The van der Waals surface area contributed by atoms with E-state index in [1.807, 2.05) is 18.2 Å². The molecule has 3 unspecified atom stereocenters. The van der Waals surface area contributed by atoms with Gasteiger partial charge >= 0.3 is 5.97 Å². The highest BCUT2D eigenvalue weighted by atomic mass is 16.5. The molecule has 1 aromatic rings. The SMILES string of the molecule is CC(=O)Oc1cccc(C/C=C/C[C@@H]2CC3=C[C@@H](O)CC[C@]3(C)C3CC[C@@]4(C)C(CC[C@]4(C)O)C32)c1. The molecule has 0 amide bonds. The Balaban J connectivity index is 1.37. The minimum absolute atomic E-state index is 0.000951. The van der Waals surface area contributed by atoms with Crippen molar-refractivity contribution in [3.8, 4) is 5.75 Å². The molecule has 4 aliphatic carbocycles. The second-order valence-electron chi connectivity index (χ2n) is 12.9. The number of allylic oxidation sites excluding steroid dienone is 3. The zero-order valence-electron chi connectivity index (χ0n) is 22.5. The number of aliphatic hydroxyl groups excluding tert-OH is 1. The van der Waals surface area contributed by atoms with Gasteiger partial charge in [0.2, 0.25) is 0 Å². The molecule has 5 rings (SSSR count). The number of hydrogen-bond acceptors (Lipinski definition) is 4. The summed E-state index contributed by atoms with van der Waals surface area (Å²) in [7, 11) is 0. The monoisotopic (exact) mass is 492 g/mol. The molecule has 196 valence electrons. The number of fused-ring (bicyclic) bond motifs is 5. The number of hydrogen-bond donors (Lipinski definition) is 2. The third kappa shape index (κ3) is 4.39. The van der Waals surface area contributed by atoms with Gasteiger partial charge in [0.05, 0.1) is 11.7 Å². The van der Waals surface area contributed by atoms with E-state index in [0.29, 0.717) is 29.4 Å². The van der Waals surface area contributed by atoms with Crippen molar-refractivity contribution in [1.29, 1.82) is 0 Å². The van der Waals surface area contributed by atoms with Crippen molar-refractivity contribution in [3.05, 3.63) is 53.6 Å². The van der Waals surface area contributed by atoms with Crippen molar-refractivity contribution < 1.29 is 19.7 Å². The van der Waals surface area contributed by atoms with Crippen LogP contribution >= 0.6 is 0 Å². The fourth-order valence-electron chi connectivity index (χ4n) is 8.73. The van der Waals surface area contributed by atoms with E-state index in [0.717, 1.165) is 56.9 Å². The van der Waals surface area contributed by atoms with Gasteiger partial charge in [0.15, 0.2) is 0 Å². The van der Waals surface area contributed by atoms with Crippen LogP contribution in [0.15, 0.2) is 48.1 Å². The molecule has 0 heterocycles. The van der Waals surface area contributed by atoms with Gasteiger partial charge in [-0.3, -0.25) is 4.79 Å². The van der Waals surface area contributed by atoms with Gasteiger partial charge in [-0.1, -0.05) is 49.8 Å². The summed E-state index contributed by atoms with van der Waals surface area (Å²) in [4.78, 5) is 11.3. The minimum Gasteiger partial charge on any atom is -0.427 e. The lowest BCUT2D eigenvalue weighted by Gasteiger charge is -2.61. The fraction of sp³-hybridized carbons (Fsp3) is 0.656. The average Bonchev–Trinajstić information content (AvgIpc) is 3.06. The maximum Gasteiger partial charge on any atom is 0.308 e. The van der Waals surface area contributed by atoms with Crippen molar-refractivity contribution in [3.63, 3.8) is 0 Å². The molecule has 0 aliphatic heterocycles. The molecule has 36 heavy (non-hydrogen) atoms. The highest BCUT2D eigenvalue weighted by molar-refractivity contribution is 5.69. The minimum atomic E-state index is -0.574. The van der Waals surface area contributed by atoms with Crippen LogP contribution in [-0.2, 0) is 11.2 Å². The maximum atomic E-state index is 11.4. The highest BCUT2D eigenvalue weighted by Gasteiger charge is 2.64. The number of rotatable bonds is 5. The van der Waals surface area contributed by atoms with Gasteiger partial charge in [-0.25, -0.2) is 0 Å². The second kappa shape index (κ2) is 9.44. The van der Waals surface area contributed by atoms with Crippen molar-refractivity contribution >= 4 is 5.97 Å². The van der Waals surface area contributed by atoms with Gasteiger partial charge in [0.25, 0.3) is 0 Å². The zero-order valence-corrected chi connectivity index (χ0v) is 22.5. The van der Waals surface area contributed by atoms with Gasteiger partial charge in [-0.15, -0.1) is 0 Å². The summed E-state index contributed by atoms with van der Waals surface area (Å²) >= 11 is 0. The first-order valence-electron chi connectivity index (χ1n) is 14.1. The second-order valence-corrected chi connectivity index (χ2v) is 12.9. The third-order valence-electron chi connectivity index (χ3n) is 10.9. The Kier molecular flexibility index (Phi) is 6.74. The van der Waals surface area contributed by atoms with Crippen molar-refractivity contribution in [2.24, 2.45) is 34.5 Å². The molecular weight excluding hydrogens is 448 g/mol. The van der Waals surface area contributed by atoms with E-state index in [9.17, 15) is 15.0 Å². The fourth-order valence-corrected chi connectivity index (χ4v) is 8.73. The average molecular weight is 493 g/mol. The molecule has 0 spiro atoms. The predicted octanol–water partition coefficient (Wildman–Crippen LogP) is 6.40. The molecule has 3 saturated carbocycles. The number of carbonyl (C=O) groups is 1.